The van der Waals surface area contributed by atoms with E-state index in [1.54, 1.807) is 18.3 Å². The summed E-state index contributed by atoms with van der Waals surface area (Å²) in [6, 6.07) is 20.5. The number of carbonyl (C=O) groups excluding carboxylic acids is 1. The van der Waals surface area contributed by atoms with Crippen LogP contribution in [0, 0.1) is 0 Å². The summed E-state index contributed by atoms with van der Waals surface area (Å²) < 4.78 is 11.3. The van der Waals surface area contributed by atoms with Gasteiger partial charge in [0.05, 0.1) is 6.04 Å². The molecule has 4 aromatic rings. The van der Waals surface area contributed by atoms with Crippen LogP contribution >= 0.6 is 0 Å². The van der Waals surface area contributed by atoms with E-state index in [1.165, 1.54) is 6.07 Å². The quantitative estimate of drug-likeness (QED) is 0.409. The van der Waals surface area contributed by atoms with E-state index < -0.39 is 5.63 Å². The first kappa shape index (κ1) is 20.9. The third-order valence-electron chi connectivity index (χ3n) is 6.06. The van der Waals surface area contributed by atoms with E-state index in [1.807, 2.05) is 59.6 Å². The van der Waals surface area contributed by atoms with Crippen molar-refractivity contribution in [2.75, 3.05) is 13.2 Å². The van der Waals surface area contributed by atoms with Gasteiger partial charge >= 0.3 is 5.63 Å². The van der Waals surface area contributed by atoms with Crippen LogP contribution in [0.15, 0.2) is 88.3 Å². The molecule has 2 aromatic heterocycles. The Labute approximate surface area is 191 Å². The lowest BCUT2D eigenvalue weighted by molar-refractivity contribution is -0.137. The Bertz CT molecular complexity index is 1320. The number of ether oxygens (including phenoxy) is 1. The number of hydrogen-bond acceptors (Lipinski definition) is 5. The van der Waals surface area contributed by atoms with Crippen LogP contribution in [-0.4, -0.2) is 28.9 Å². The van der Waals surface area contributed by atoms with Gasteiger partial charge in [-0.3, -0.25) is 9.78 Å². The Morgan fingerprint density at radius 2 is 1.94 bits per heavy atom. The fraction of sp³-hybridized carbons (Fsp3) is 0.222. The van der Waals surface area contributed by atoms with Crippen molar-refractivity contribution in [2.45, 2.75) is 25.3 Å². The molecule has 1 fully saturated rings. The summed E-state index contributed by atoms with van der Waals surface area (Å²) >= 11 is 0. The van der Waals surface area contributed by atoms with E-state index in [-0.39, 0.29) is 18.6 Å². The summed E-state index contributed by atoms with van der Waals surface area (Å²) in [5.74, 6) is 0.419. The van der Waals surface area contributed by atoms with Crippen molar-refractivity contribution in [1.82, 2.24) is 9.88 Å². The summed E-state index contributed by atoms with van der Waals surface area (Å²) in [6.45, 7) is 0.625. The first-order valence-electron chi connectivity index (χ1n) is 11.1. The van der Waals surface area contributed by atoms with Crippen molar-refractivity contribution in [1.29, 1.82) is 0 Å². The van der Waals surface area contributed by atoms with E-state index in [9.17, 15) is 9.59 Å². The average molecular weight is 440 g/mol. The Morgan fingerprint density at radius 3 is 2.76 bits per heavy atom. The van der Waals surface area contributed by atoms with Gasteiger partial charge in [-0.15, -0.1) is 0 Å². The predicted octanol–water partition coefficient (Wildman–Crippen LogP) is 4.99. The molecule has 166 valence electrons. The number of benzene rings is 2. The van der Waals surface area contributed by atoms with Gasteiger partial charge in [0.15, 0.2) is 6.61 Å². The highest BCUT2D eigenvalue weighted by molar-refractivity contribution is 5.93. The third-order valence-corrected chi connectivity index (χ3v) is 6.06. The summed E-state index contributed by atoms with van der Waals surface area (Å²) in [5, 5.41) is 0.812. The average Bonchev–Trinajstić information content (AvgIpc) is 2.87. The van der Waals surface area contributed by atoms with Gasteiger partial charge in [0.25, 0.3) is 5.91 Å². The van der Waals surface area contributed by atoms with Gasteiger partial charge in [-0.2, -0.15) is 0 Å². The summed E-state index contributed by atoms with van der Waals surface area (Å²) in [6.07, 6.45) is 6.54. The number of fused-ring (bicyclic) bond motifs is 1. The van der Waals surface area contributed by atoms with Crippen LogP contribution in [0.5, 0.6) is 5.75 Å². The molecule has 0 aliphatic carbocycles. The Kier molecular flexibility index (Phi) is 5.89. The molecule has 2 aromatic carbocycles. The third kappa shape index (κ3) is 4.51. The maximum Gasteiger partial charge on any atom is 0.336 e. The number of piperidine rings is 1. The molecule has 1 aliphatic rings. The Hall–Kier alpha value is -3.93. The Balaban J connectivity index is 1.35. The molecule has 1 aliphatic heterocycles. The molecule has 6 nitrogen and oxygen atoms in total. The largest absolute Gasteiger partial charge is 0.484 e. The lowest BCUT2D eigenvalue weighted by atomic mass is 9.96. The fourth-order valence-corrected chi connectivity index (χ4v) is 4.47. The van der Waals surface area contributed by atoms with Crippen LogP contribution in [0.4, 0.5) is 0 Å². The van der Waals surface area contributed by atoms with E-state index >= 15 is 0 Å². The first-order valence-corrected chi connectivity index (χ1v) is 11.1. The predicted molar refractivity (Wildman–Crippen MR) is 126 cm³/mol. The van der Waals surface area contributed by atoms with Gasteiger partial charge in [0, 0.05) is 36.5 Å². The zero-order valence-electron chi connectivity index (χ0n) is 18.1. The lowest BCUT2D eigenvalue weighted by Gasteiger charge is -2.35. The monoisotopic (exact) mass is 440 g/mol. The smallest absolute Gasteiger partial charge is 0.336 e. The second-order valence-electron chi connectivity index (χ2n) is 8.18. The molecule has 6 heteroatoms. The molecule has 0 N–H and O–H groups in total. The standard InChI is InChI=1S/C27H24N2O4/c30-26(29-14-5-4-10-24(29)20-9-6-13-28-17-20)18-32-21-11-12-22-23(19-7-2-1-3-8-19)16-27(31)33-25(22)15-21/h1-3,6-9,11-13,15-17,24H,4-5,10,14,18H2/t24-/m0/s1. The van der Waals surface area contributed by atoms with Crippen LogP contribution < -0.4 is 10.4 Å². The first-order chi connectivity index (χ1) is 16.2. The van der Waals surface area contributed by atoms with Crippen LogP contribution in [0.1, 0.15) is 30.9 Å². The van der Waals surface area contributed by atoms with E-state index in [4.69, 9.17) is 9.15 Å². The summed E-state index contributed by atoms with van der Waals surface area (Å²) in [4.78, 5) is 31.3. The molecule has 1 amide bonds. The molecule has 33 heavy (non-hydrogen) atoms. The highest BCUT2D eigenvalue weighted by Crippen LogP contribution is 2.32. The zero-order valence-corrected chi connectivity index (χ0v) is 18.1. The van der Waals surface area contributed by atoms with Gasteiger partial charge < -0.3 is 14.1 Å². The van der Waals surface area contributed by atoms with Crippen molar-refractivity contribution in [3.05, 3.63) is 95.1 Å². The highest BCUT2D eigenvalue weighted by atomic mass is 16.5. The molecule has 1 saturated heterocycles. The summed E-state index contributed by atoms with van der Waals surface area (Å²) in [7, 11) is 0. The maximum atomic E-state index is 13.0. The summed E-state index contributed by atoms with van der Waals surface area (Å²) in [5.41, 5.74) is 2.79. The number of rotatable bonds is 5. The molecule has 0 radical (unpaired) electrons. The fourth-order valence-electron chi connectivity index (χ4n) is 4.47. The van der Waals surface area contributed by atoms with Crippen molar-refractivity contribution in [3.63, 3.8) is 0 Å². The molecule has 0 spiro atoms. The number of pyridine rings is 1. The molecular formula is C27H24N2O4. The lowest BCUT2D eigenvalue weighted by Crippen LogP contribution is -2.41. The number of carbonyl (C=O) groups is 1. The molecule has 0 saturated carbocycles. The van der Waals surface area contributed by atoms with Gasteiger partial charge in [-0.05, 0) is 54.2 Å². The SMILES string of the molecule is O=C(COc1ccc2c(-c3ccccc3)cc(=O)oc2c1)N1CCCC[C@H]1c1cccnc1. The van der Waals surface area contributed by atoms with Gasteiger partial charge in [0.2, 0.25) is 0 Å². The van der Waals surface area contributed by atoms with Gasteiger partial charge in [-0.25, -0.2) is 4.79 Å². The van der Waals surface area contributed by atoms with Crippen molar-refractivity contribution < 1.29 is 13.9 Å². The molecular weight excluding hydrogens is 416 g/mol. The number of likely N-dealkylation sites (tertiary alicyclic amines) is 1. The van der Waals surface area contributed by atoms with Gasteiger partial charge in [0.1, 0.15) is 11.3 Å². The van der Waals surface area contributed by atoms with Gasteiger partial charge in [-0.1, -0.05) is 36.4 Å². The second-order valence-corrected chi connectivity index (χ2v) is 8.18. The van der Waals surface area contributed by atoms with Crippen LogP contribution in [-0.2, 0) is 4.79 Å². The molecule has 0 bridgehead atoms. The minimum atomic E-state index is -0.429. The normalized spacial score (nSPS) is 16.0. The van der Waals surface area contributed by atoms with E-state index in [0.717, 1.165) is 41.3 Å². The molecule has 1 atom stereocenters. The minimum absolute atomic E-state index is 0.0200. The zero-order chi connectivity index (χ0) is 22.6. The topological polar surface area (TPSA) is 72.6 Å². The van der Waals surface area contributed by atoms with E-state index in [2.05, 4.69) is 4.98 Å². The van der Waals surface area contributed by atoms with Crippen LogP contribution in [0.3, 0.4) is 0 Å². The van der Waals surface area contributed by atoms with Crippen molar-refractivity contribution >= 4 is 16.9 Å². The molecule has 3 heterocycles. The van der Waals surface area contributed by atoms with Crippen molar-refractivity contribution in [3.8, 4) is 16.9 Å². The second kappa shape index (κ2) is 9.28. The van der Waals surface area contributed by atoms with E-state index in [0.29, 0.717) is 17.9 Å². The number of amides is 1. The minimum Gasteiger partial charge on any atom is -0.484 e. The number of hydrogen-bond donors (Lipinski definition) is 0. The van der Waals surface area contributed by atoms with Crippen molar-refractivity contribution in [2.24, 2.45) is 0 Å². The number of nitrogens with zero attached hydrogens (tertiary/aromatic N) is 2. The van der Waals surface area contributed by atoms with Crippen LogP contribution in [0.2, 0.25) is 0 Å². The number of aromatic nitrogens is 1. The van der Waals surface area contributed by atoms with Crippen LogP contribution in [0.25, 0.3) is 22.1 Å². The highest BCUT2D eigenvalue weighted by Gasteiger charge is 2.28. The Morgan fingerprint density at radius 1 is 1.06 bits per heavy atom. The maximum absolute atomic E-state index is 13.0. The molecule has 5 rings (SSSR count). The molecule has 0 unspecified atom stereocenters.